The van der Waals surface area contributed by atoms with Crippen LogP contribution in [0.2, 0.25) is 0 Å². The Bertz CT molecular complexity index is 94.4. The van der Waals surface area contributed by atoms with Gasteiger partial charge < -0.3 is 16.2 Å². The van der Waals surface area contributed by atoms with Gasteiger partial charge in [0, 0.05) is 5.54 Å². The Kier molecular flexibility index (Phi) is 6.34. The molecule has 3 heteroatoms. The molecule has 0 bridgehead atoms. The molecule has 0 aliphatic carbocycles. The molecule has 0 radical (unpaired) electrons. The van der Waals surface area contributed by atoms with Gasteiger partial charge in [-0.25, -0.2) is 0 Å². The SMILES string of the molecule is CCC(CC)(CO)NCCCN. The molecule has 0 rings (SSSR count). The van der Waals surface area contributed by atoms with Crippen molar-refractivity contribution in [2.75, 3.05) is 19.7 Å². The summed E-state index contributed by atoms with van der Waals surface area (Å²) >= 11 is 0. The number of nitrogens with two attached hydrogens (primary N) is 1. The lowest BCUT2D eigenvalue weighted by Crippen LogP contribution is -2.48. The lowest BCUT2D eigenvalue weighted by molar-refractivity contribution is 0.151. The first kappa shape index (κ1) is 11.9. The number of aliphatic hydroxyl groups excluding tert-OH is 1. The van der Waals surface area contributed by atoms with Crippen LogP contribution in [0.1, 0.15) is 33.1 Å². The van der Waals surface area contributed by atoms with Crippen molar-refractivity contribution < 1.29 is 5.11 Å². The van der Waals surface area contributed by atoms with Crippen molar-refractivity contribution in [1.82, 2.24) is 5.32 Å². The summed E-state index contributed by atoms with van der Waals surface area (Å²) in [5.74, 6) is 0. The highest BCUT2D eigenvalue weighted by molar-refractivity contribution is 4.84. The molecule has 0 saturated carbocycles. The largest absolute Gasteiger partial charge is 0.394 e. The second-order valence-corrected chi connectivity index (χ2v) is 3.21. The molecule has 4 N–H and O–H groups in total. The molecule has 0 spiro atoms. The van der Waals surface area contributed by atoms with Crippen LogP contribution in [0.4, 0.5) is 0 Å². The van der Waals surface area contributed by atoms with Crippen LogP contribution in [0, 0.1) is 0 Å². The molecule has 0 aliphatic rings. The van der Waals surface area contributed by atoms with Crippen LogP contribution in [-0.2, 0) is 0 Å². The fraction of sp³-hybridized carbons (Fsp3) is 1.00. The van der Waals surface area contributed by atoms with Gasteiger partial charge in [-0.15, -0.1) is 0 Å². The zero-order valence-electron chi connectivity index (χ0n) is 8.27. The van der Waals surface area contributed by atoms with Crippen molar-refractivity contribution in [2.24, 2.45) is 5.73 Å². The molecule has 0 amide bonds. The highest BCUT2D eigenvalue weighted by atomic mass is 16.3. The van der Waals surface area contributed by atoms with E-state index in [2.05, 4.69) is 19.2 Å². The van der Waals surface area contributed by atoms with Crippen LogP contribution >= 0.6 is 0 Å². The van der Waals surface area contributed by atoms with Gasteiger partial charge in [0.25, 0.3) is 0 Å². The summed E-state index contributed by atoms with van der Waals surface area (Å²) in [5, 5.41) is 12.5. The van der Waals surface area contributed by atoms with E-state index in [9.17, 15) is 5.11 Å². The molecule has 74 valence electrons. The summed E-state index contributed by atoms with van der Waals surface area (Å²) < 4.78 is 0. The Balaban J connectivity index is 3.76. The van der Waals surface area contributed by atoms with Gasteiger partial charge in [-0.05, 0) is 32.4 Å². The summed E-state index contributed by atoms with van der Waals surface area (Å²) in [7, 11) is 0. The molecule has 3 nitrogen and oxygen atoms in total. The van der Waals surface area contributed by atoms with E-state index < -0.39 is 0 Å². The zero-order chi connectivity index (χ0) is 9.45. The maximum absolute atomic E-state index is 9.18. The maximum atomic E-state index is 9.18. The first-order valence-electron chi connectivity index (χ1n) is 4.80. The first-order chi connectivity index (χ1) is 5.74. The maximum Gasteiger partial charge on any atom is 0.0613 e. The molecule has 0 aromatic heterocycles. The summed E-state index contributed by atoms with van der Waals surface area (Å²) in [4.78, 5) is 0. The summed E-state index contributed by atoms with van der Waals surface area (Å²) in [6.07, 6.45) is 2.90. The van der Waals surface area contributed by atoms with E-state index in [4.69, 9.17) is 5.73 Å². The third kappa shape index (κ3) is 3.52. The molecule has 0 unspecified atom stereocenters. The van der Waals surface area contributed by atoms with Crippen molar-refractivity contribution in [3.05, 3.63) is 0 Å². The van der Waals surface area contributed by atoms with Gasteiger partial charge in [0.15, 0.2) is 0 Å². The first-order valence-corrected chi connectivity index (χ1v) is 4.80. The number of hydrogen-bond donors (Lipinski definition) is 3. The highest BCUT2D eigenvalue weighted by Gasteiger charge is 2.23. The molecule has 0 heterocycles. The number of hydrogen-bond acceptors (Lipinski definition) is 3. The summed E-state index contributed by atoms with van der Waals surface area (Å²) in [6, 6.07) is 0. The Hall–Kier alpha value is -0.120. The van der Waals surface area contributed by atoms with E-state index in [1.54, 1.807) is 0 Å². The van der Waals surface area contributed by atoms with Gasteiger partial charge >= 0.3 is 0 Å². The van der Waals surface area contributed by atoms with Crippen molar-refractivity contribution >= 4 is 0 Å². The molecule has 0 fully saturated rings. The molecule has 0 saturated heterocycles. The van der Waals surface area contributed by atoms with Crippen LogP contribution in [-0.4, -0.2) is 30.3 Å². The number of aliphatic hydroxyl groups is 1. The third-order valence-electron chi connectivity index (χ3n) is 2.54. The monoisotopic (exact) mass is 174 g/mol. The van der Waals surface area contributed by atoms with Crippen LogP contribution in [0.3, 0.4) is 0 Å². The molecule has 0 aromatic carbocycles. The van der Waals surface area contributed by atoms with Gasteiger partial charge in [0.05, 0.1) is 6.61 Å². The Morgan fingerprint density at radius 3 is 2.25 bits per heavy atom. The molecule has 0 aromatic rings. The minimum absolute atomic E-state index is 0.0742. The van der Waals surface area contributed by atoms with Crippen LogP contribution in [0.15, 0.2) is 0 Å². The molecule has 12 heavy (non-hydrogen) atoms. The molecule has 0 atom stereocenters. The second-order valence-electron chi connectivity index (χ2n) is 3.21. The Morgan fingerprint density at radius 1 is 1.33 bits per heavy atom. The average Bonchev–Trinajstić information content (AvgIpc) is 2.14. The third-order valence-corrected chi connectivity index (χ3v) is 2.54. The molecular formula is C9H22N2O. The van der Waals surface area contributed by atoms with E-state index in [0.717, 1.165) is 25.8 Å². The van der Waals surface area contributed by atoms with Crippen molar-refractivity contribution in [2.45, 2.75) is 38.6 Å². The van der Waals surface area contributed by atoms with Gasteiger partial charge in [-0.2, -0.15) is 0 Å². The zero-order valence-corrected chi connectivity index (χ0v) is 8.27. The topological polar surface area (TPSA) is 58.3 Å². The van der Waals surface area contributed by atoms with Crippen molar-refractivity contribution in [3.63, 3.8) is 0 Å². The summed E-state index contributed by atoms with van der Waals surface area (Å²) in [5.41, 5.74) is 5.31. The van der Waals surface area contributed by atoms with Gasteiger partial charge in [0.2, 0.25) is 0 Å². The quantitative estimate of drug-likeness (QED) is 0.492. The van der Waals surface area contributed by atoms with E-state index >= 15 is 0 Å². The predicted octanol–water partition coefficient (Wildman–Crippen LogP) is 0.476. The van der Waals surface area contributed by atoms with Crippen molar-refractivity contribution in [1.29, 1.82) is 0 Å². The Labute approximate surface area is 75.3 Å². The van der Waals surface area contributed by atoms with E-state index in [1.807, 2.05) is 0 Å². The van der Waals surface area contributed by atoms with Crippen LogP contribution < -0.4 is 11.1 Å². The standard InChI is InChI=1S/C9H22N2O/c1-3-9(4-2,8-12)11-7-5-6-10/h11-12H,3-8,10H2,1-2H3. The van der Waals surface area contributed by atoms with Crippen molar-refractivity contribution in [3.8, 4) is 0 Å². The lowest BCUT2D eigenvalue weighted by atomic mass is 9.94. The smallest absolute Gasteiger partial charge is 0.0613 e. The number of rotatable bonds is 7. The minimum atomic E-state index is -0.0742. The molecular weight excluding hydrogens is 152 g/mol. The Morgan fingerprint density at radius 2 is 1.92 bits per heavy atom. The average molecular weight is 174 g/mol. The predicted molar refractivity (Wildman–Crippen MR) is 52.1 cm³/mol. The minimum Gasteiger partial charge on any atom is -0.394 e. The lowest BCUT2D eigenvalue weighted by Gasteiger charge is -2.30. The van der Waals surface area contributed by atoms with E-state index in [-0.39, 0.29) is 12.1 Å². The van der Waals surface area contributed by atoms with Gasteiger partial charge in [-0.3, -0.25) is 0 Å². The van der Waals surface area contributed by atoms with E-state index in [1.165, 1.54) is 0 Å². The van der Waals surface area contributed by atoms with E-state index in [0.29, 0.717) is 6.54 Å². The number of nitrogens with one attached hydrogen (secondary N) is 1. The molecule has 0 aliphatic heterocycles. The normalized spacial score (nSPS) is 12.0. The van der Waals surface area contributed by atoms with Crippen LogP contribution in [0.5, 0.6) is 0 Å². The van der Waals surface area contributed by atoms with Gasteiger partial charge in [-0.1, -0.05) is 13.8 Å². The van der Waals surface area contributed by atoms with Gasteiger partial charge in [0.1, 0.15) is 0 Å². The summed E-state index contributed by atoms with van der Waals surface area (Å²) in [6.45, 7) is 6.01. The fourth-order valence-corrected chi connectivity index (χ4v) is 1.24. The van der Waals surface area contributed by atoms with Crippen LogP contribution in [0.25, 0.3) is 0 Å². The fourth-order valence-electron chi connectivity index (χ4n) is 1.24. The highest BCUT2D eigenvalue weighted by Crippen LogP contribution is 2.13. The second kappa shape index (κ2) is 6.40.